The first-order valence-electron chi connectivity index (χ1n) is 1.70. The third-order valence-corrected chi connectivity index (χ3v) is 3.05. The summed E-state index contributed by atoms with van der Waals surface area (Å²) in [5.74, 6) is 8.00. The quantitative estimate of drug-likeness (QED) is 0.159. The highest BCUT2D eigenvalue weighted by molar-refractivity contribution is 8.26. The summed E-state index contributed by atoms with van der Waals surface area (Å²) in [6.07, 6.45) is 0. The van der Waals surface area contributed by atoms with Crippen LogP contribution in [-0.2, 0) is 9.13 Å². The molecule has 0 rings (SSSR count). The zero-order chi connectivity index (χ0) is 9.00. The van der Waals surface area contributed by atoms with Gasteiger partial charge in [0.25, 0.3) is 0 Å². The van der Waals surface area contributed by atoms with E-state index in [1.54, 1.807) is 0 Å². The van der Waals surface area contributed by atoms with Gasteiger partial charge in [0, 0.05) is 0 Å². The van der Waals surface area contributed by atoms with Gasteiger partial charge in [-0.15, -0.1) is 0 Å². The lowest BCUT2D eigenvalue weighted by Gasteiger charge is -2.02. The summed E-state index contributed by atoms with van der Waals surface area (Å²) in [6, 6.07) is 0. The van der Waals surface area contributed by atoms with Crippen molar-refractivity contribution < 1.29 is 28.7 Å². The zero-order valence-corrected chi connectivity index (χ0v) is 6.44. The fraction of sp³-hybridized carbons (Fsp3) is 0. The highest BCUT2D eigenvalue weighted by Gasteiger charge is 2.37. The van der Waals surface area contributed by atoms with E-state index in [0.717, 1.165) is 0 Å². The Hall–Kier alpha value is 0.220. The predicted molar refractivity (Wildman–Crippen MR) is 32.5 cm³/mol. The molecule has 0 spiro atoms. The van der Waals surface area contributed by atoms with Gasteiger partial charge in [0.1, 0.15) is 0 Å². The van der Waals surface area contributed by atoms with Crippen molar-refractivity contribution in [1.29, 1.82) is 0 Å². The van der Waals surface area contributed by atoms with Gasteiger partial charge in [-0.25, -0.2) is 9.13 Å². The van der Waals surface area contributed by atoms with Crippen LogP contribution >= 0.6 is 14.6 Å². The van der Waals surface area contributed by atoms with Crippen molar-refractivity contribution in [3.63, 3.8) is 0 Å². The Morgan fingerprint density at radius 1 is 0.800 bits per heavy atom. The maximum Gasteiger partial charge on any atom is 0.435 e. The molecule has 0 fully saturated rings. The number of rotatable bonds is 1. The van der Waals surface area contributed by atoms with E-state index < -0.39 is 14.6 Å². The van der Waals surface area contributed by atoms with Crippen molar-refractivity contribution in [1.82, 2.24) is 0 Å². The molecule has 64 valence electrons. The van der Waals surface area contributed by atoms with Crippen LogP contribution in [0.3, 0.4) is 0 Å². The maximum absolute atomic E-state index is 9.58. The number of nitrogens with two attached hydrogens (primary N) is 2. The van der Waals surface area contributed by atoms with Gasteiger partial charge in [0.15, 0.2) is 0 Å². The molecule has 0 saturated carbocycles. The SMILES string of the molecule is NN.O=P(O)(O)P(=O)(O)O. The first kappa shape index (κ1) is 12.9. The molecule has 0 aromatic heterocycles. The molecule has 0 aliphatic carbocycles. The Kier molecular flexibility index (Phi) is 5.36. The molecule has 0 aliphatic heterocycles. The van der Waals surface area contributed by atoms with Crippen LogP contribution in [0.5, 0.6) is 0 Å². The molecule has 0 heterocycles. The predicted octanol–water partition coefficient (Wildman–Crippen LogP) is -1.92. The van der Waals surface area contributed by atoms with Crippen molar-refractivity contribution in [2.45, 2.75) is 0 Å². The third-order valence-electron chi connectivity index (χ3n) is 0.339. The Morgan fingerprint density at radius 2 is 0.900 bits per heavy atom. The lowest BCUT2D eigenvalue weighted by Crippen LogP contribution is -2.02. The second-order valence-electron chi connectivity index (χ2n) is 1.03. The average molecular weight is 194 g/mol. The summed E-state index contributed by atoms with van der Waals surface area (Å²) in [7, 11) is -10.4. The monoisotopic (exact) mass is 194 g/mol. The minimum absolute atomic E-state index is 4.00. The second kappa shape index (κ2) is 4.17. The van der Waals surface area contributed by atoms with E-state index in [4.69, 9.17) is 19.6 Å². The van der Waals surface area contributed by atoms with Crippen LogP contribution in [-0.4, -0.2) is 19.6 Å². The van der Waals surface area contributed by atoms with Crippen LogP contribution in [0.4, 0.5) is 0 Å². The summed E-state index contributed by atoms with van der Waals surface area (Å²) in [5, 5.41) is 0. The highest BCUT2D eigenvalue weighted by atomic mass is 32.1. The zero-order valence-electron chi connectivity index (χ0n) is 4.65. The molecule has 10 heteroatoms. The Morgan fingerprint density at radius 3 is 0.900 bits per heavy atom. The van der Waals surface area contributed by atoms with Crippen molar-refractivity contribution in [2.75, 3.05) is 0 Å². The van der Waals surface area contributed by atoms with Crippen LogP contribution in [0, 0.1) is 0 Å². The van der Waals surface area contributed by atoms with Crippen molar-refractivity contribution in [2.24, 2.45) is 11.7 Å². The molecule has 0 unspecified atom stereocenters. The molecule has 0 atom stereocenters. The number of hydrazine groups is 1. The van der Waals surface area contributed by atoms with Gasteiger partial charge in [-0.3, -0.25) is 11.7 Å². The Bertz CT molecular complexity index is 143. The maximum atomic E-state index is 9.58. The van der Waals surface area contributed by atoms with Crippen LogP contribution < -0.4 is 11.7 Å². The van der Waals surface area contributed by atoms with Crippen molar-refractivity contribution in [3.8, 4) is 0 Å². The lowest BCUT2D eigenvalue weighted by atomic mass is 13.0. The number of hydrogen-bond donors (Lipinski definition) is 6. The topological polar surface area (TPSA) is 167 Å². The van der Waals surface area contributed by atoms with Crippen LogP contribution in [0.1, 0.15) is 0 Å². The summed E-state index contributed by atoms with van der Waals surface area (Å²) < 4.78 is 19.2. The molecule has 8 N–H and O–H groups in total. The van der Waals surface area contributed by atoms with E-state index in [1.165, 1.54) is 0 Å². The van der Waals surface area contributed by atoms with Crippen molar-refractivity contribution >= 4 is 14.6 Å². The Labute approximate surface area is 56.0 Å². The minimum atomic E-state index is -5.18. The van der Waals surface area contributed by atoms with Crippen LogP contribution in [0.15, 0.2) is 0 Å². The molecule has 0 amide bonds. The van der Waals surface area contributed by atoms with Crippen LogP contribution in [0.25, 0.3) is 0 Å². The molecule has 0 aromatic carbocycles. The summed E-state index contributed by atoms with van der Waals surface area (Å²) in [4.78, 5) is 30.8. The van der Waals surface area contributed by atoms with Gasteiger partial charge in [-0.2, -0.15) is 0 Å². The standard InChI is InChI=1S/H4N2.H4O6P2/c1-2;1-7(2,3)8(4,5)6/h1-2H2;(H2,1,2,3)(H2,4,5,6). The van der Waals surface area contributed by atoms with E-state index in [1.807, 2.05) is 0 Å². The summed E-state index contributed by atoms with van der Waals surface area (Å²) in [5.41, 5.74) is 0. The molecule has 0 aliphatic rings. The van der Waals surface area contributed by atoms with Crippen molar-refractivity contribution in [3.05, 3.63) is 0 Å². The molecule has 0 radical (unpaired) electrons. The van der Waals surface area contributed by atoms with Gasteiger partial charge in [0.05, 0.1) is 0 Å². The molecule has 0 saturated heterocycles. The van der Waals surface area contributed by atoms with Crippen LogP contribution in [0.2, 0.25) is 0 Å². The average Bonchev–Trinajstić information content (AvgIpc) is 1.66. The van der Waals surface area contributed by atoms with E-state index >= 15 is 0 Å². The normalized spacial score (nSPS) is 11.8. The van der Waals surface area contributed by atoms with Gasteiger partial charge in [-0.05, 0) is 0 Å². The molecule has 10 heavy (non-hydrogen) atoms. The van der Waals surface area contributed by atoms with Gasteiger partial charge < -0.3 is 19.6 Å². The molecule has 0 aromatic rings. The summed E-state index contributed by atoms with van der Waals surface area (Å²) >= 11 is 0. The minimum Gasteiger partial charge on any atom is -0.316 e. The van der Waals surface area contributed by atoms with E-state index in [9.17, 15) is 9.13 Å². The first-order chi connectivity index (χ1) is 4.25. The van der Waals surface area contributed by atoms with Gasteiger partial charge in [-0.1, -0.05) is 0 Å². The molecular formula is H8N2O6P2. The van der Waals surface area contributed by atoms with Gasteiger partial charge in [0.2, 0.25) is 0 Å². The second-order valence-corrected chi connectivity index (χ2v) is 6.21. The molecule has 8 nitrogen and oxygen atoms in total. The third kappa shape index (κ3) is 5.04. The molecule has 0 bridgehead atoms. The summed E-state index contributed by atoms with van der Waals surface area (Å²) in [6.45, 7) is 0. The lowest BCUT2D eigenvalue weighted by molar-refractivity contribution is 0.340. The van der Waals surface area contributed by atoms with E-state index in [-0.39, 0.29) is 0 Å². The largest absolute Gasteiger partial charge is 0.435 e. The smallest absolute Gasteiger partial charge is 0.316 e. The fourth-order valence-corrected chi connectivity index (χ4v) is 0. The highest BCUT2D eigenvalue weighted by Crippen LogP contribution is 2.71. The van der Waals surface area contributed by atoms with E-state index in [2.05, 4.69) is 11.7 Å². The van der Waals surface area contributed by atoms with E-state index in [0.29, 0.717) is 0 Å². The molecular weight excluding hydrogens is 186 g/mol. The Balaban J connectivity index is 0. The number of hydrogen-bond acceptors (Lipinski definition) is 4. The van der Waals surface area contributed by atoms with Gasteiger partial charge >= 0.3 is 14.6 Å². The fourth-order valence-electron chi connectivity index (χ4n) is 0. The first-order valence-corrected chi connectivity index (χ1v) is 5.63.